The molecule has 4 rings (SSSR count). The molecular formula is C21H20N4O3. The molecule has 142 valence electrons. The third kappa shape index (κ3) is 3.73. The van der Waals surface area contributed by atoms with Crippen molar-refractivity contribution in [2.75, 3.05) is 30.5 Å². The van der Waals surface area contributed by atoms with E-state index in [4.69, 9.17) is 9.47 Å². The largest absolute Gasteiger partial charge is 0.486 e. The zero-order chi connectivity index (χ0) is 19.5. The lowest BCUT2D eigenvalue weighted by Crippen LogP contribution is -2.27. The van der Waals surface area contributed by atoms with Crippen molar-refractivity contribution in [3.05, 3.63) is 66.0 Å². The Balaban J connectivity index is 1.58. The molecule has 1 aliphatic rings. The van der Waals surface area contributed by atoms with Crippen molar-refractivity contribution in [1.29, 1.82) is 0 Å². The Kier molecular flexibility index (Phi) is 4.80. The smallest absolute Gasteiger partial charge is 0.276 e. The van der Waals surface area contributed by atoms with E-state index in [1.165, 1.54) is 0 Å². The minimum Gasteiger partial charge on any atom is -0.486 e. The van der Waals surface area contributed by atoms with Gasteiger partial charge in [-0.25, -0.2) is 9.97 Å². The van der Waals surface area contributed by atoms with Gasteiger partial charge in [0.1, 0.15) is 18.9 Å². The Morgan fingerprint density at radius 3 is 2.54 bits per heavy atom. The second-order valence-electron chi connectivity index (χ2n) is 6.40. The lowest BCUT2D eigenvalue weighted by molar-refractivity contribution is 0.0988. The van der Waals surface area contributed by atoms with Crippen molar-refractivity contribution in [1.82, 2.24) is 9.97 Å². The summed E-state index contributed by atoms with van der Waals surface area (Å²) in [5, 5.41) is 3.14. The predicted molar refractivity (Wildman–Crippen MR) is 107 cm³/mol. The number of fused-ring (bicyclic) bond motifs is 1. The fraction of sp³-hybridized carbons (Fsp3) is 0.190. The van der Waals surface area contributed by atoms with Gasteiger partial charge in [0.2, 0.25) is 5.95 Å². The number of aromatic nitrogens is 2. The summed E-state index contributed by atoms with van der Waals surface area (Å²) in [6.07, 6.45) is 0. The Morgan fingerprint density at radius 1 is 1.00 bits per heavy atom. The van der Waals surface area contributed by atoms with Crippen molar-refractivity contribution < 1.29 is 14.3 Å². The fourth-order valence-electron chi connectivity index (χ4n) is 2.92. The monoisotopic (exact) mass is 376 g/mol. The van der Waals surface area contributed by atoms with Crippen LogP contribution < -0.4 is 19.7 Å². The molecule has 0 atom stereocenters. The minimum atomic E-state index is -0.207. The number of benzene rings is 2. The van der Waals surface area contributed by atoms with E-state index in [9.17, 15) is 4.79 Å². The number of nitrogens with one attached hydrogen (secondary N) is 1. The molecule has 0 saturated heterocycles. The maximum atomic E-state index is 12.9. The molecule has 0 fully saturated rings. The quantitative estimate of drug-likeness (QED) is 0.750. The molecule has 7 nitrogen and oxygen atoms in total. The van der Waals surface area contributed by atoms with Gasteiger partial charge in [0.25, 0.3) is 5.91 Å². The van der Waals surface area contributed by atoms with Gasteiger partial charge in [-0.3, -0.25) is 4.79 Å². The average Bonchev–Trinajstić information content (AvgIpc) is 2.73. The van der Waals surface area contributed by atoms with Crippen LogP contribution in [0.3, 0.4) is 0 Å². The highest BCUT2D eigenvalue weighted by molar-refractivity contribution is 6.04. The summed E-state index contributed by atoms with van der Waals surface area (Å²) in [4.78, 5) is 23.2. The summed E-state index contributed by atoms with van der Waals surface area (Å²) in [5.41, 5.74) is 2.56. The number of carbonyl (C=O) groups excluding carboxylic acids is 1. The van der Waals surface area contributed by atoms with Gasteiger partial charge >= 0.3 is 0 Å². The molecule has 1 N–H and O–H groups in total. The highest BCUT2D eigenvalue weighted by Crippen LogP contribution is 2.33. The van der Waals surface area contributed by atoms with E-state index < -0.39 is 0 Å². The predicted octanol–water partition coefficient (Wildman–Crippen LogP) is 3.58. The van der Waals surface area contributed by atoms with E-state index in [-0.39, 0.29) is 5.91 Å². The van der Waals surface area contributed by atoms with Crippen LogP contribution in [0.2, 0.25) is 0 Å². The van der Waals surface area contributed by atoms with Crippen LogP contribution in [0.5, 0.6) is 11.5 Å². The highest BCUT2D eigenvalue weighted by atomic mass is 16.6. The van der Waals surface area contributed by atoms with Crippen LogP contribution in [0, 0.1) is 6.92 Å². The zero-order valence-corrected chi connectivity index (χ0v) is 15.7. The van der Waals surface area contributed by atoms with E-state index >= 15 is 0 Å². The first-order valence-electron chi connectivity index (χ1n) is 8.95. The number of carbonyl (C=O) groups is 1. The Hall–Kier alpha value is -3.61. The molecule has 0 unspecified atom stereocenters. The maximum absolute atomic E-state index is 12.9. The SMILES string of the molecule is Cc1cc(C(=O)N(C)c2ccccc2)nc(Nc2ccc3c(c2)OCCO3)n1. The Labute approximate surface area is 163 Å². The molecular weight excluding hydrogens is 356 g/mol. The van der Waals surface area contributed by atoms with Crippen LogP contribution in [-0.4, -0.2) is 36.1 Å². The number of ether oxygens (including phenoxy) is 2. The van der Waals surface area contributed by atoms with Gasteiger partial charge in [0.05, 0.1) is 0 Å². The van der Waals surface area contributed by atoms with Crippen LogP contribution in [0.1, 0.15) is 16.2 Å². The fourth-order valence-corrected chi connectivity index (χ4v) is 2.92. The van der Waals surface area contributed by atoms with E-state index in [0.717, 1.165) is 11.4 Å². The van der Waals surface area contributed by atoms with Gasteiger partial charge in [-0.1, -0.05) is 18.2 Å². The second kappa shape index (κ2) is 7.56. The third-order valence-corrected chi connectivity index (χ3v) is 4.32. The molecule has 0 spiro atoms. The number of aryl methyl sites for hydroxylation is 1. The first-order valence-corrected chi connectivity index (χ1v) is 8.95. The van der Waals surface area contributed by atoms with Crippen molar-refractivity contribution in [2.24, 2.45) is 0 Å². The normalized spacial score (nSPS) is 12.4. The summed E-state index contributed by atoms with van der Waals surface area (Å²) in [6, 6.07) is 16.6. The lowest BCUT2D eigenvalue weighted by Gasteiger charge is -2.19. The van der Waals surface area contributed by atoms with Gasteiger partial charge in [-0.15, -0.1) is 0 Å². The number of hydrogen-bond donors (Lipinski definition) is 1. The molecule has 3 aromatic rings. The molecule has 2 heterocycles. The number of anilines is 3. The topological polar surface area (TPSA) is 76.6 Å². The standard InChI is InChI=1S/C21H20N4O3/c1-14-12-17(20(26)25(2)16-6-4-3-5-7-16)24-21(22-14)23-15-8-9-18-19(13-15)28-11-10-27-18/h3-9,12-13H,10-11H2,1-2H3,(H,22,23,24). The molecule has 0 aliphatic carbocycles. The molecule has 1 amide bonds. The van der Waals surface area contributed by atoms with Crippen LogP contribution >= 0.6 is 0 Å². The molecule has 0 saturated carbocycles. The molecule has 7 heteroatoms. The van der Waals surface area contributed by atoms with Crippen LogP contribution in [0.15, 0.2) is 54.6 Å². The van der Waals surface area contributed by atoms with Gasteiger partial charge in [0.15, 0.2) is 11.5 Å². The summed E-state index contributed by atoms with van der Waals surface area (Å²) in [5.74, 6) is 1.52. The van der Waals surface area contributed by atoms with Crippen LogP contribution in [0.4, 0.5) is 17.3 Å². The van der Waals surface area contributed by atoms with Crippen molar-refractivity contribution >= 4 is 23.2 Å². The molecule has 0 radical (unpaired) electrons. The van der Waals surface area contributed by atoms with Crippen LogP contribution in [0.25, 0.3) is 0 Å². The maximum Gasteiger partial charge on any atom is 0.276 e. The lowest BCUT2D eigenvalue weighted by atomic mass is 10.2. The van der Waals surface area contributed by atoms with Gasteiger partial charge < -0.3 is 19.7 Å². The van der Waals surface area contributed by atoms with E-state index in [1.54, 1.807) is 18.0 Å². The summed E-state index contributed by atoms with van der Waals surface area (Å²) >= 11 is 0. The molecule has 28 heavy (non-hydrogen) atoms. The third-order valence-electron chi connectivity index (χ3n) is 4.32. The van der Waals surface area contributed by atoms with Crippen LogP contribution in [-0.2, 0) is 0 Å². The van der Waals surface area contributed by atoms with E-state index in [2.05, 4.69) is 15.3 Å². The Bertz CT molecular complexity index is 1010. The van der Waals surface area contributed by atoms with Crippen molar-refractivity contribution in [3.8, 4) is 11.5 Å². The second-order valence-corrected chi connectivity index (χ2v) is 6.40. The van der Waals surface area contributed by atoms with Gasteiger partial charge in [0, 0.05) is 30.2 Å². The molecule has 1 aromatic heterocycles. The summed E-state index contributed by atoms with van der Waals surface area (Å²) in [7, 11) is 1.73. The van der Waals surface area contributed by atoms with Gasteiger partial charge in [-0.05, 0) is 37.3 Å². The first kappa shape index (κ1) is 17.8. The first-order chi connectivity index (χ1) is 13.6. The number of rotatable bonds is 4. The van der Waals surface area contributed by atoms with Gasteiger partial charge in [-0.2, -0.15) is 0 Å². The van der Waals surface area contributed by atoms with Crippen molar-refractivity contribution in [3.63, 3.8) is 0 Å². The minimum absolute atomic E-state index is 0.207. The molecule has 1 aliphatic heterocycles. The Morgan fingerprint density at radius 2 is 1.75 bits per heavy atom. The molecule has 2 aromatic carbocycles. The highest BCUT2D eigenvalue weighted by Gasteiger charge is 2.17. The van der Waals surface area contributed by atoms with Crippen molar-refractivity contribution in [2.45, 2.75) is 6.92 Å². The number of para-hydroxylation sites is 1. The summed E-state index contributed by atoms with van der Waals surface area (Å²) in [6.45, 7) is 2.89. The summed E-state index contributed by atoms with van der Waals surface area (Å²) < 4.78 is 11.1. The van der Waals surface area contributed by atoms with E-state index in [1.807, 2.05) is 55.5 Å². The number of amides is 1. The number of nitrogens with zero attached hydrogens (tertiary/aromatic N) is 3. The van der Waals surface area contributed by atoms with E-state index in [0.29, 0.717) is 42.0 Å². The zero-order valence-electron chi connectivity index (χ0n) is 15.7. The number of hydrogen-bond acceptors (Lipinski definition) is 6. The molecule has 0 bridgehead atoms. The average molecular weight is 376 g/mol.